The summed E-state index contributed by atoms with van der Waals surface area (Å²) < 4.78 is 0. The molecule has 1 atom stereocenters. The Morgan fingerprint density at radius 2 is 1.38 bits per heavy atom. The molecule has 0 spiro atoms. The van der Waals surface area contributed by atoms with E-state index in [9.17, 15) is 24.3 Å². The minimum Gasteiger partial charge on any atom is -0.478 e. The molecule has 1 unspecified atom stereocenters. The first kappa shape index (κ1) is 27.0. The van der Waals surface area contributed by atoms with Crippen molar-refractivity contribution in [3.63, 3.8) is 0 Å². The number of carbonyl (C=O) groups is 4. The van der Waals surface area contributed by atoms with Crippen LogP contribution in [0.15, 0.2) is 106 Å². The van der Waals surface area contributed by atoms with Crippen LogP contribution in [0.1, 0.15) is 38.0 Å². The zero-order chi connectivity index (χ0) is 28.4. The second-order valence-electron chi connectivity index (χ2n) is 8.82. The van der Waals surface area contributed by atoms with Crippen LogP contribution in [0.4, 0.5) is 17.1 Å². The average molecular weight is 571 g/mol. The second-order valence-corrected chi connectivity index (χ2v) is 11.3. The lowest BCUT2D eigenvalue weighted by Crippen LogP contribution is -2.34. The van der Waals surface area contributed by atoms with Gasteiger partial charge >= 0.3 is 11.9 Å². The fourth-order valence-electron chi connectivity index (χ4n) is 4.25. The number of carboxylic acid groups (broad SMARTS) is 2. The Morgan fingerprint density at radius 3 is 1.95 bits per heavy atom. The number of nitrogens with zero attached hydrogens (tertiary/aromatic N) is 1. The van der Waals surface area contributed by atoms with E-state index in [1.165, 1.54) is 23.9 Å². The number of para-hydroxylation sites is 2. The standard InChI is InChI=1S/C30H22N2O6S2/c1-17(28(34)32-23-6-2-4-8-25(23)40-26-9-5-3-7-24(26)32)39-20-13-11-19(12-14-20)31-27(33)21-15-10-18(29(35)36)16-22(21)30(37)38/h2-17H,1H3,(H,31,33)(H,35,36)(H,37,38). The lowest BCUT2D eigenvalue weighted by Gasteiger charge is -2.32. The molecule has 5 rings (SSSR count). The van der Waals surface area contributed by atoms with Gasteiger partial charge in [-0.15, -0.1) is 11.8 Å². The van der Waals surface area contributed by atoms with Gasteiger partial charge in [-0.25, -0.2) is 9.59 Å². The average Bonchev–Trinajstić information content (AvgIpc) is 2.96. The van der Waals surface area contributed by atoms with Crippen LogP contribution in [0.2, 0.25) is 0 Å². The Morgan fingerprint density at radius 1 is 0.775 bits per heavy atom. The molecule has 4 aromatic carbocycles. The summed E-state index contributed by atoms with van der Waals surface area (Å²) in [5.74, 6) is -3.44. The summed E-state index contributed by atoms with van der Waals surface area (Å²) in [6, 6.07) is 25.8. The summed E-state index contributed by atoms with van der Waals surface area (Å²) in [6.07, 6.45) is 0. The predicted molar refractivity (Wildman–Crippen MR) is 154 cm³/mol. The largest absolute Gasteiger partial charge is 0.478 e. The smallest absolute Gasteiger partial charge is 0.336 e. The van der Waals surface area contributed by atoms with E-state index in [2.05, 4.69) is 5.32 Å². The van der Waals surface area contributed by atoms with Crippen molar-refractivity contribution in [2.45, 2.75) is 26.9 Å². The third-order valence-electron chi connectivity index (χ3n) is 6.17. The van der Waals surface area contributed by atoms with Gasteiger partial charge in [0.25, 0.3) is 5.91 Å². The van der Waals surface area contributed by atoms with Gasteiger partial charge in [-0.2, -0.15) is 0 Å². The summed E-state index contributed by atoms with van der Waals surface area (Å²) in [6.45, 7) is 1.85. The highest BCUT2D eigenvalue weighted by Gasteiger charge is 2.31. The van der Waals surface area contributed by atoms with E-state index >= 15 is 0 Å². The van der Waals surface area contributed by atoms with Gasteiger partial charge in [0.15, 0.2) is 0 Å². The Hall–Kier alpha value is -4.54. The quantitative estimate of drug-likeness (QED) is 0.211. The number of thioether (sulfide) groups is 1. The van der Waals surface area contributed by atoms with Gasteiger partial charge in [0, 0.05) is 20.4 Å². The van der Waals surface area contributed by atoms with Crippen molar-refractivity contribution in [3.8, 4) is 0 Å². The topological polar surface area (TPSA) is 124 Å². The molecule has 2 amide bonds. The summed E-state index contributed by atoms with van der Waals surface area (Å²) in [5, 5.41) is 20.8. The molecule has 1 aliphatic heterocycles. The summed E-state index contributed by atoms with van der Waals surface area (Å²) in [4.78, 5) is 53.8. The van der Waals surface area contributed by atoms with Gasteiger partial charge in [-0.05, 0) is 73.7 Å². The minimum atomic E-state index is -1.41. The van der Waals surface area contributed by atoms with Crippen molar-refractivity contribution >= 4 is 64.3 Å². The van der Waals surface area contributed by atoms with E-state index in [1.54, 1.807) is 40.9 Å². The van der Waals surface area contributed by atoms with Crippen LogP contribution in [-0.4, -0.2) is 39.2 Å². The van der Waals surface area contributed by atoms with Gasteiger partial charge in [0.05, 0.1) is 33.3 Å². The molecule has 0 aromatic heterocycles. The molecule has 0 radical (unpaired) electrons. The van der Waals surface area contributed by atoms with Crippen molar-refractivity contribution in [3.05, 3.63) is 108 Å². The van der Waals surface area contributed by atoms with E-state index in [0.29, 0.717) is 5.69 Å². The number of hydrogen-bond acceptors (Lipinski definition) is 6. The predicted octanol–water partition coefficient (Wildman–Crippen LogP) is 6.65. The van der Waals surface area contributed by atoms with Crippen molar-refractivity contribution in [1.82, 2.24) is 0 Å². The Labute approximate surface area is 238 Å². The Kier molecular flexibility index (Phi) is 7.63. The molecule has 10 heteroatoms. The molecule has 0 bridgehead atoms. The van der Waals surface area contributed by atoms with E-state index in [1.807, 2.05) is 55.5 Å². The highest BCUT2D eigenvalue weighted by atomic mass is 32.2. The maximum Gasteiger partial charge on any atom is 0.336 e. The number of carboxylic acids is 2. The Bertz CT molecular complexity index is 1610. The molecule has 40 heavy (non-hydrogen) atoms. The molecule has 4 aromatic rings. The number of carbonyl (C=O) groups excluding carboxylic acids is 2. The second kappa shape index (κ2) is 11.3. The van der Waals surface area contributed by atoms with Crippen LogP contribution in [0.5, 0.6) is 0 Å². The van der Waals surface area contributed by atoms with E-state index in [4.69, 9.17) is 5.11 Å². The lowest BCUT2D eigenvalue weighted by atomic mass is 10.0. The van der Waals surface area contributed by atoms with Gasteiger partial charge < -0.3 is 15.5 Å². The number of anilines is 3. The molecule has 0 saturated heterocycles. The Balaban J connectivity index is 1.30. The van der Waals surface area contributed by atoms with Crippen molar-refractivity contribution in [1.29, 1.82) is 0 Å². The number of benzene rings is 4. The number of rotatable bonds is 7. The third-order valence-corrected chi connectivity index (χ3v) is 8.40. The molecular formula is C30H22N2O6S2. The first-order chi connectivity index (χ1) is 19.2. The first-order valence-corrected chi connectivity index (χ1v) is 13.8. The zero-order valence-electron chi connectivity index (χ0n) is 21.0. The van der Waals surface area contributed by atoms with Crippen molar-refractivity contribution in [2.75, 3.05) is 10.2 Å². The molecule has 0 saturated carbocycles. The monoisotopic (exact) mass is 570 g/mol. The summed E-state index contributed by atoms with van der Waals surface area (Å²) in [7, 11) is 0. The minimum absolute atomic E-state index is 0.0615. The molecule has 3 N–H and O–H groups in total. The van der Waals surface area contributed by atoms with Crippen LogP contribution in [-0.2, 0) is 4.79 Å². The highest BCUT2D eigenvalue weighted by Crippen LogP contribution is 2.48. The maximum atomic E-state index is 13.7. The van der Waals surface area contributed by atoms with Crippen LogP contribution in [0.3, 0.4) is 0 Å². The SMILES string of the molecule is CC(Sc1ccc(NC(=O)c2ccc(C(=O)O)cc2C(=O)O)cc1)C(=O)N1c2ccccc2Sc2ccccc21. The molecule has 0 fully saturated rings. The maximum absolute atomic E-state index is 13.7. The van der Waals surface area contributed by atoms with E-state index in [0.717, 1.165) is 32.1 Å². The number of hydrogen-bond donors (Lipinski definition) is 3. The fraction of sp³-hybridized carbons (Fsp3) is 0.0667. The summed E-state index contributed by atoms with van der Waals surface area (Å²) >= 11 is 3.02. The molecule has 200 valence electrons. The van der Waals surface area contributed by atoms with Crippen LogP contribution >= 0.6 is 23.5 Å². The molecule has 1 heterocycles. The van der Waals surface area contributed by atoms with E-state index < -0.39 is 28.7 Å². The molecule has 8 nitrogen and oxygen atoms in total. The number of nitrogens with one attached hydrogen (secondary N) is 1. The van der Waals surface area contributed by atoms with Gasteiger partial charge in [0.2, 0.25) is 5.91 Å². The molecule has 1 aliphatic rings. The summed E-state index contributed by atoms with van der Waals surface area (Å²) in [5.41, 5.74) is 1.32. The molecular weight excluding hydrogens is 548 g/mol. The highest BCUT2D eigenvalue weighted by molar-refractivity contribution is 8.00. The van der Waals surface area contributed by atoms with Gasteiger partial charge in [-0.1, -0.05) is 36.0 Å². The first-order valence-electron chi connectivity index (χ1n) is 12.1. The number of fused-ring (bicyclic) bond motifs is 2. The fourth-order valence-corrected chi connectivity index (χ4v) is 6.21. The van der Waals surface area contributed by atoms with Crippen LogP contribution in [0, 0.1) is 0 Å². The van der Waals surface area contributed by atoms with Gasteiger partial charge in [0.1, 0.15) is 0 Å². The van der Waals surface area contributed by atoms with Crippen molar-refractivity contribution < 1.29 is 29.4 Å². The van der Waals surface area contributed by atoms with Crippen LogP contribution in [0.25, 0.3) is 0 Å². The molecule has 0 aliphatic carbocycles. The number of aromatic carboxylic acids is 2. The normalized spacial score (nSPS) is 12.6. The van der Waals surface area contributed by atoms with Crippen LogP contribution < -0.4 is 10.2 Å². The zero-order valence-corrected chi connectivity index (χ0v) is 22.7. The number of amides is 2. The third kappa shape index (κ3) is 5.45. The lowest BCUT2D eigenvalue weighted by molar-refractivity contribution is -0.117. The van der Waals surface area contributed by atoms with Crippen molar-refractivity contribution in [2.24, 2.45) is 0 Å². The van der Waals surface area contributed by atoms with E-state index in [-0.39, 0.29) is 17.0 Å². The van der Waals surface area contributed by atoms with Gasteiger partial charge in [-0.3, -0.25) is 14.5 Å².